The van der Waals surface area contributed by atoms with Gasteiger partial charge in [0.1, 0.15) is 0 Å². The SMILES string of the molecule is CCN(CCCO)Cc1cc(C(=O)NN)sc1C. The molecule has 0 saturated carbocycles. The number of thiophene rings is 1. The smallest absolute Gasteiger partial charge is 0.275 e. The fraction of sp³-hybridized carbons (Fsp3) is 0.583. The van der Waals surface area contributed by atoms with E-state index in [1.807, 2.05) is 13.0 Å². The molecular weight excluding hydrogens is 250 g/mol. The van der Waals surface area contributed by atoms with Gasteiger partial charge in [-0.1, -0.05) is 6.92 Å². The topological polar surface area (TPSA) is 78.6 Å². The van der Waals surface area contributed by atoms with Gasteiger partial charge in [-0.2, -0.15) is 0 Å². The van der Waals surface area contributed by atoms with Crippen LogP contribution in [0.5, 0.6) is 0 Å². The molecule has 1 amide bonds. The van der Waals surface area contributed by atoms with E-state index < -0.39 is 0 Å². The Morgan fingerprint density at radius 3 is 2.89 bits per heavy atom. The highest BCUT2D eigenvalue weighted by atomic mass is 32.1. The van der Waals surface area contributed by atoms with E-state index in [4.69, 9.17) is 10.9 Å². The standard InChI is InChI=1S/C12H21N3O2S/c1-3-15(5-4-6-16)8-10-7-11(12(17)14-13)18-9(10)2/h7,16H,3-6,8,13H2,1-2H3,(H,14,17). The second kappa shape index (κ2) is 7.48. The molecule has 0 aliphatic heterocycles. The molecule has 0 saturated heterocycles. The summed E-state index contributed by atoms with van der Waals surface area (Å²) in [5.41, 5.74) is 3.30. The number of hydrogen-bond acceptors (Lipinski definition) is 5. The van der Waals surface area contributed by atoms with Gasteiger partial charge in [-0.05, 0) is 31.5 Å². The van der Waals surface area contributed by atoms with Crippen molar-refractivity contribution in [3.63, 3.8) is 0 Å². The number of aliphatic hydroxyl groups is 1. The summed E-state index contributed by atoms with van der Waals surface area (Å²) >= 11 is 1.46. The van der Waals surface area contributed by atoms with E-state index in [0.717, 1.165) is 36.5 Å². The maximum absolute atomic E-state index is 11.4. The minimum absolute atomic E-state index is 0.208. The first-order valence-corrected chi connectivity index (χ1v) is 6.87. The van der Waals surface area contributed by atoms with E-state index in [1.165, 1.54) is 11.3 Å². The molecule has 1 aromatic rings. The summed E-state index contributed by atoms with van der Waals surface area (Å²) in [6, 6.07) is 1.89. The third-order valence-electron chi connectivity index (χ3n) is 2.85. The molecule has 0 radical (unpaired) electrons. The van der Waals surface area contributed by atoms with Gasteiger partial charge in [-0.25, -0.2) is 5.84 Å². The summed E-state index contributed by atoms with van der Waals surface area (Å²) in [5, 5.41) is 8.85. The van der Waals surface area contributed by atoms with Crippen molar-refractivity contribution in [2.75, 3.05) is 19.7 Å². The Bertz CT molecular complexity index is 393. The monoisotopic (exact) mass is 271 g/mol. The third kappa shape index (κ3) is 4.06. The molecule has 1 heterocycles. The summed E-state index contributed by atoms with van der Waals surface area (Å²) in [4.78, 5) is 15.5. The molecule has 0 atom stereocenters. The van der Waals surface area contributed by atoms with E-state index in [9.17, 15) is 4.79 Å². The lowest BCUT2D eigenvalue weighted by molar-refractivity contribution is 0.0957. The van der Waals surface area contributed by atoms with Crippen molar-refractivity contribution in [1.29, 1.82) is 0 Å². The Balaban J connectivity index is 2.70. The van der Waals surface area contributed by atoms with Crippen molar-refractivity contribution in [2.45, 2.75) is 26.8 Å². The van der Waals surface area contributed by atoms with Gasteiger partial charge in [0, 0.05) is 24.6 Å². The Hall–Kier alpha value is -0.950. The zero-order chi connectivity index (χ0) is 13.5. The zero-order valence-electron chi connectivity index (χ0n) is 10.9. The van der Waals surface area contributed by atoms with Crippen LogP contribution in [0.4, 0.5) is 0 Å². The molecule has 0 spiro atoms. The number of hydrogen-bond donors (Lipinski definition) is 3. The molecule has 5 nitrogen and oxygen atoms in total. The average molecular weight is 271 g/mol. The molecule has 0 aliphatic carbocycles. The molecule has 0 aromatic carbocycles. The molecule has 0 unspecified atom stereocenters. The molecule has 1 aromatic heterocycles. The van der Waals surface area contributed by atoms with E-state index in [1.54, 1.807) is 0 Å². The molecule has 4 N–H and O–H groups in total. The first-order chi connectivity index (χ1) is 8.62. The molecular formula is C12H21N3O2S. The van der Waals surface area contributed by atoms with E-state index >= 15 is 0 Å². The van der Waals surface area contributed by atoms with Crippen LogP contribution in [0.3, 0.4) is 0 Å². The largest absolute Gasteiger partial charge is 0.396 e. The van der Waals surface area contributed by atoms with Gasteiger partial charge >= 0.3 is 0 Å². The molecule has 18 heavy (non-hydrogen) atoms. The number of carbonyl (C=O) groups is 1. The minimum Gasteiger partial charge on any atom is -0.396 e. The number of nitrogens with two attached hydrogens (primary N) is 1. The Kier molecular flexibility index (Phi) is 6.28. The number of aryl methyl sites for hydroxylation is 1. The van der Waals surface area contributed by atoms with Gasteiger partial charge in [0.05, 0.1) is 4.88 Å². The van der Waals surface area contributed by atoms with Gasteiger partial charge in [0.15, 0.2) is 0 Å². The van der Waals surface area contributed by atoms with E-state index in [-0.39, 0.29) is 12.5 Å². The van der Waals surface area contributed by atoms with Crippen molar-refractivity contribution in [3.05, 3.63) is 21.4 Å². The van der Waals surface area contributed by atoms with E-state index in [0.29, 0.717) is 4.88 Å². The van der Waals surface area contributed by atoms with E-state index in [2.05, 4.69) is 17.2 Å². The molecule has 0 bridgehead atoms. The molecule has 0 aliphatic rings. The number of hydrazine groups is 1. The van der Waals surface area contributed by atoms with Crippen LogP contribution in [0.25, 0.3) is 0 Å². The maximum atomic E-state index is 11.4. The highest BCUT2D eigenvalue weighted by Gasteiger charge is 2.13. The highest BCUT2D eigenvalue weighted by Crippen LogP contribution is 2.22. The minimum atomic E-state index is -0.243. The van der Waals surface area contributed by atoms with Crippen LogP contribution in [-0.2, 0) is 6.54 Å². The van der Waals surface area contributed by atoms with Crippen LogP contribution in [-0.4, -0.2) is 35.6 Å². The Labute approximate surface area is 112 Å². The van der Waals surface area contributed by atoms with Gasteiger partial charge in [0.2, 0.25) is 0 Å². The third-order valence-corrected chi connectivity index (χ3v) is 3.94. The van der Waals surface area contributed by atoms with Gasteiger partial charge in [0.25, 0.3) is 5.91 Å². The fourth-order valence-electron chi connectivity index (χ4n) is 1.74. The number of rotatable bonds is 7. The van der Waals surface area contributed by atoms with Crippen LogP contribution in [0.2, 0.25) is 0 Å². The summed E-state index contributed by atoms with van der Waals surface area (Å²) in [5.74, 6) is 4.88. The second-order valence-corrected chi connectivity index (χ2v) is 5.37. The van der Waals surface area contributed by atoms with Crippen molar-refractivity contribution in [3.8, 4) is 0 Å². The molecule has 102 valence electrons. The number of amides is 1. The summed E-state index contributed by atoms with van der Waals surface area (Å²) in [7, 11) is 0. The number of nitrogen functional groups attached to an aromatic ring is 1. The average Bonchev–Trinajstić information content (AvgIpc) is 2.74. The summed E-state index contributed by atoms with van der Waals surface area (Å²) in [6.07, 6.45) is 0.771. The van der Waals surface area contributed by atoms with Crippen molar-refractivity contribution in [2.24, 2.45) is 5.84 Å². The van der Waals surface area contributed by atoms with Crippen LogP contribution >= 0.6 is 11.3 Å². The second-order valence-electron chi connectivity index (χ2n) is 4.11. The molecule has 1 rings (SSSR count). The van der Waals surface area contributed by atoms with Crippen LogP contribution in [0.1, 0.15) is 33.5 Å². The Morgan fingerprint density at radius 1 is 1.61 bits per heavy atom. The van der Waals surface area contributed by atoms with Crippen molar-refractivity contribution >= 4 is 17.2 Å². The number of aliphatic hydroxyl groups excluding tert-OH is 1. The predicted molar refractivity (Wildman–Crippen MR) is 73.4 cm³/mol. The lowest BCUT2D eigenvalue weighted by atomic mass is 10.2. The quantitative estimate of drug-likeness (QED) is 0.390. The number of carbonyl (C=O) groups excluding carboxylic acids is 1. The summed E-state index contributed by atoms with van der Waals surface area (Å²) in [6.45, 7) is 6.89. The molecule has 0 fully saturated rings. The highest BCUT2D eigenvalue weighted by molar-refractivity contribution is 7.14. The Morgan fingerprint density at radius 2 is 2.33 bits per heavy atom. The van der Waals surface area contributed by atoms with Crippen LogP contribution < -0.4 is 11.3 Å². The number of nitrogens with zero attached hydrogens (tertiary/aromatic N) is 1. The number of nitrogens with one attached hydrogen (secondary N) is 1. The normalized spacial score (nSPS) is 10.9. The summed E-state index contributed by atoms with van der Waals surface area (Å²) < 4.78 is 0. The van der Waals surface area contributed by atoms with Crippen molar-refractivity contribution in [1.82, 2.24) is 10.3 Å². The van der Waals surface area contributed by atoms with Gasteiger partial charge in [-0.15, -0.1) is 11.3 Å². The zero-order valence-corrected chi connectivity index (χ0v) is 11.7. The van der Waals surface area contributed by atoms with Gasteiger partial charge in [-0.3, -0.25) is 15.1 Å². The first-order valence-electron chi connectivity index (χ1n) is 6.05. The van der Waals surface area contributed by atoms with Crippen molar-refractivity contribution < 1.29 is 9.90 Å². The maximum Gasteiger partial charge on any atom is 0.275 e. The first kappa shape index (κ1) is 15.1. The fourth-order valence-corrected chi connectivity index (χ4v) is 2.68. The van der Waals surface area contributed by atoms with Crippen LogP contribution in [0.15, 0.2) is 6.07 Å². The lowest BCUT2D eigenvalue weighted by Crippen LogP contribution is -2.29. The predicted octanol–water partition coefficient (Wildman–Crippen LogP) is 0.864. The molecule has 6 heteroatoms. The van der Waals surface area contributed by atoms with Gasteiger partial charge < -0.3 is 5.11 Å². The van der Waals surface area contributed by atoms with Crippen LogP contribution in [0, 0.1) is 6.92 Å². The lowest BCUT2D eigenvalue weighted by Gasteiger charge is -2.19.